The minimum atomic E-state index is -1.20. The molecule has 1 aromatic rings. The van der Waals surface area contributed by atoms with Gasteiger partial charge in [0.2, 0.25) is 0 Å². The molecule has 7 nitrogen and oxygen atoms in total. The van der Waals surface area contributed by atoms with Gasteiger partial charge in [-0.3, -0.25) is 0 Å². The summed E-state index contributed by atoms with van der Waals surface area (Å²) in [7, 11) is 0. The number of benzene rings is 1. The third-order valence-electron chi connectivity index (χ3n) is 4.67. The molecule has 1 heterocycles. The molecule has 1 radical (unpaired) electrons. The van der Waals surface area contributed by atoms with Crippen LogP contribution in [0.4, 0.5) is 5.69 Å². The first-order valence-corrected chi connectivity index (χ1v) is 10.7. The number of hydrogen-bond acceptors (Lipinski definition) is 6. The number of piperidine rings is 1. The third-order valence-corrected chi connectivity index (χ3v) is 5.68. The maximum atomic E-state index is 9.97. The summed E-state index contributed by atoms with van der Waals surface area (Å²) in [5, 5.41) is 42.1. The first-order valence-electron chi connectivity index (χ1n) is 9.05. The fourth-order valence-electron chi connectivity index (χ4n) is 3.12. The fraction of sp³-hybridized carbons (Fsp3) is 0.611. The molecule has 1 aliphatic heterocycles. The number of nitrogens with one attached hydrogen (secondary N) is 1. The van der Waals surface area contributed by atoms with Gasteiger partial charge < -0.3 is 0 Å². The molecular formula is C18H27BrN3O4Se. The van der Waals surface area contributed by atoms with Crippen molar-refractivity contribution in [2.24, 2.45) is 4.99 Å². The number of aliphatic hydroxyl groups excluding tert-OH is 4. The van der Waals surface area contributed by atoms with Gasteiger partial charge in [-0.15, -0.1) is 0 Å². The van der Waals surface area contributed by atoms with E-state index in [1.807, 2.05) is 29.2 Å². The van der Waals surface area contributed by atoms with Gasteiger partial charge in [-0.25, -0.2) is 0 Å². The van der Waals surface area contributed by atoms with Gasteiger partial charge in [-0.2, -0.15) is 0 Å². The Bertz CT molecular complexity index is 605. The van der Waals surface area contributed by atoms with Crippen molar-refractivity contribution in [2.45, 2.75) is 43.6 Å². The number of amidine groups is 1. The molecule has 0 aromatic heterocycles. The Morgan fingerprint density at radius 1 is 1.15 bits per heavy atom. The van der Waals surface area contributed by atoms with Crippen molar-refractivity contribution in [2.75, 3.05) is 31.6 Å². The molecule has 151 valence electrons. The van der Waals surface area contributed by atoms with Crippen LogP contribution in [-0.4, -0.2) is 96.7 Å². The van der Waals surface area contributed by atoms with Crippen LogP contribution in [0.2, 0.25) is 0 Å². The number of rotatable bonds is 8. The van der Waals surface area contributed by atoms with E-state index in [-0.39, 0.29) is 13.2 Å². The predicted octanol–water partition coefficient (Wildman–Crippen LogP) is 0.315. The molecular weight excluding hydrogens is 481 g/mol. The van der Waals surface area contributed by atoms with E-state index >= 15 is 0 Å². The van der Waals surface area contributed by atoms with Gasteiger partial charge in [0.05, 0.1) is 0 Å². The number of aliphatic imine (C=N–C) groups is 1. The minimum absolute atomic E-state index is 0.244. The standard InChI is InChI=1S/C18H27BrN3O4Se/c19-12-4-6-13(7-5-12)21-18(27)20-8-2-1-3-9-22-10-15(24)17(26)16(25)14(22)11-23/h4-7,14-17,23-26H,1-3,8-11H2,(H,20,21)/t14-,15+,16-,17-/m1/s1. The van der Waals surface area contributed by atoms with Crippen LogP contribution in [0, 0.1) is 0 Å². The first kappa shape index (κ1) is 22.8. The molecule has 9 heteroatoms. The summed E-state index contributed by atoms with van der Waals surface area (Å²) in [5.41, 5.74) is 0.968. The summed E-state index contributed by atoms with van der Waals surface area (Å²) >= 11 is 6.32. The molecule has 1 aliphatic rings. The van der Waals surface area contributed by atoms with E-state index in [0.717, 1.165) is 34.2 Å². The second kappa shape index (κ2) is 11.5. The zero-order valence-electron chi connectivity index (χ0n) is 15.0. The number of nitrogens with zero attached hydrogens (tertiary/aromatic N) is 2. The van der Waals surface area contributed by atoms with E-state index in [0.29, 0.717) is 13.1 Å². The molecule has 1 saturated heterocycles. The normalized spacial score (nSPS) is 26.9. The van der Waals surface area contributed by atoms with Crippen molar-refractivity contribution in [1.29, 1.82) is 0 Å². The molecule has 27 heavy (non-hydrogen) atoms. The van der Waals surface area contributed by atoms with Crippen LogP contribution < -0.4 is 5.32 Å². The van der Waals surface area contributed by atoms with Gasteiger partial charge in [0.15, 0.2) is 0 Å². The van der Waals surface area contributed by atoms with Crippen LogP contribution in [0.25, 0.3) is 0 Å². The summed E-state index contributed by atoms with van der Waals surface area (Å²) in [6, 6.07) is 7.32. The summed E-state index contributed by atoms with van der Waals surface area (Å²) in [4.78, 5) is 6.31. The monoisotopic (exact) mass is 508 g/mol. The number of aliphatic hydroxyl groups is 4. The Balaban J connectivity index is 1.66. The van der Waals surface area contributed by atoms with Gasteiger partial charge in [0, 0.05) is 0 Å². The Kier molecular flexibility index (Phi) is 9.68. The Morgan fingerprint density at radius 2 is 1.85 bits per heavy atom. The van der Waals surface area contributed by atoms with Crippen molar-refractivity contribution in [3.05, 3.63) is 28.7 Å². The van der Waals surface area contributed by atoms with Gasteiger partial charge >= 0.3 is 177 Å². The summed E-state index contributed by atoms with van der Waals surface area (Å²) in [6.45, 7) is 1.36. The third kappa shape index (κ3) is 7.11. The Hall–Kier alpha value is -0.511. The quantitative estimate of drug-likeness (QED) is 0.150. The van der Waals surface area contributed by atoms with Crippen LogP contribution in [-0.2, 0) is 0 Å². The van der Waals surface area contributed by atoms with E-state index in [1.54, 1.807) is 0 Å². The van der Waals surface area contributed by atoms with E-state index in [9.17, 15) is 20.4 Å². The molecule has 0 saturated carbocycles. The van der Waals surface area contributed by atoms with Crippen molar-refractivity contribution < 1.29 is 20.4 Å². The van der Waals surface area contributed by atoms with Crippen LogP contribution in [0.3, 0.4) is 0 Å². The SMILES string of the molecule is OC[C@@H]1[C@@H](O)[C@H](O)[C@@H](O)CN1CCCCCN=C([Se])Nc1ccc(Br)cc1. The summed E-state index contributed by atoms with van der Waals surface area (Å²) in [5.74, 6) is 0. The molecule has 4 atom stereocenters. The van der Waals surface area contributed by atoms with Gasteiger partial charge in [0.1, 0.15) is 0 Å². The molecule has 0 unspecified atom stereocenters. The average Bonchev–Trinajstić information content (AvgIpc) is 2.64. The number of β-amino-alcohol motifs (C(OH)–C–C–N with tert-alkyl or cyclic N) is 1. The maximum absolute atomic E-state index is 9.97. The van der Waals surface area contributed by atoms with Gasteiger partial charge in [0.25, 0.3) is 0 Å². The van der Waals surface area contributed by atoms with E-state index in [4.69, 9.17) is 0 Å². The van der Waals surface area contributed by atoms with E-state index in [2.05, 4.69) is 42.3 Å². The fourth-order valence-corrected chi connectivity index (χ4v) is 3.82. The molecule has 0 aliphatic carbocycles. The van der Waals surface area contributed by atoms with Crippen LogP contribution >= 0.6 is 15.9 Å². The molecule has 5 N–H and O–H groups in total. The molecule has 0 spiro atoms. The molecule has 2 rings (SSSR count). The number of hydrogen-bond donors (Lipinski definition) is 5. The average molecular weight is 508 g/mol. The predicted molar refractivity (Wildman–Crippen MR) is 110 cm³/mol. The number of anilines is 1. The zero-order valence-corrected chi connectivity index (χ0v) is 18.3. The molecule has 0 bridgehead atoms. The van der Waals surface area contributed by atoms with Crippen molar-refractivity contribution >= 4 is 42.4 Å². The van der Waals surface area contributed by atoms with Crippen molar-refractivity contribution in [1.82, 2.24) is 4.90 Å². The van der Waals surface area contributed by atoms with Crippen LogP contribution in [0.5, 0.6) is 0 Å². The number of likely N-dealkylation sites (tertiary alicyclic amines) is 1. The van der Waals surface area contributed by atoms with Crippen molar-refractivity contribution in [3.63, 3.8) is 0 Å². The first-order chi connectivity index (χ1) is 12.9. The van der Waals surface area contributed by atoms with E-state index < -0.39 is 24.4 Å². The zero-order chi connectivity index (χ0) is 19.8. The summed E-state index contributed by atoms with van der Waals surface area (Å²) in [6.07, 6.45) is -0.603. The Morgan fingerprint density at radius 3 is 2.52 bits per heavy atom. The van der Waals surface area contributed by atoms with Gasteiger partial charge in [-0.05, 0) is 0 Å². The van der Waals surface area contributed by atoms with Crippen molar-refractivity contribution in [3.8, 4) is 0 Å². The second-order valence-electron chi connectivity index (χ2n) is 6.67. The number of unbranched alkanes of at least 4 members (excludes halogenated alkanes) is 2. The van der Waals surface area contributed by atoms with Gasteiger partial charge in [-0.1, -0.05) is 0 Å². The molecule has 0 amide bonds. The molecule has 1 aromatic carbocycles. The van der Waals surface area contributed by atoms with E-state index in [1.165, 1.54) is 0 Å². The summed E-state index contributed by atoms with van der Waals surface area (Å²) < 4.78 is 1.77. The Labute approximate surface area is 176 Å². The molecule has 1 fully saturated rings. The van der Waals surface area contributed by atoms with Crippen LogP contribution in [0.15, 0.2) is 33.7 Å². The van der Waals surface area contributed by atoms with Crippen LogP contribution in [0.1, 0.15) is 19.3 Å². The number of halogens is 1. The second-order valence-corrected chi connectivity index (χ2v) is 8.40. The topological polar surface area (TPSA) is 109 Å².